The summed E-state index contributed by atoms with van der Waals surface area (Å²) in [4.78, 5) is 22.4. The highest BCUT2D eigenvalue weighted by molar-refractivity contribution is 5.80. The molecule has 2 N–H and O–H groups in total. The maximum Gasteiger partial charge on any atom is 0.426 e. The fraction of sp³-hybridized carbons (Fsp3) is 0.385. The van der Waals surface area contributed by atoms with Gasteiger partial charge in [0.1, 0.15) is 5.75 Å². The number of ether oxygens (including phenoxy) is 2. The zero-order chi connectivity index (χ0) is 14.1. The SMILES string of the molecule is CCOC(=O)NNC(=O)COc1ccccc1CC. The van der Waals surface area contributed by atoms with Crippen LogP contribution < -0.4 is 15.6 Å². The summed E-state index contributed by atoms with van der Waals surface area (Å²) in [5, 5.41) is 0. The van der Waals surface area contributed by atoms with Crippen molar-refractivity contribution in [3.05, 3.63) is 29.8 Å². The Hall–Kier alpha value is -2.24. The monoisotopic (exact) mass is 266 g/mol. The zero-order valence-corrected chi connectivity index (χ0v) is 11.1. The zero-order valence-electron chi connectivity index (χ0n) is 11.1. The van der Waals surface area contributed by atoms with Gasteiger partial charge in [-0.25, -0.2) is 10.2 Å². The smallest absolute Gasteiger partial charge is 0.426 e. The number of para-hydroxylation sites is 1. The van der Waals surface area contributed by atoms with E-state index in [0.29, 0.717) is 5.75 Å². The molecule has 0 aliphatic rings. The molecule has 0 aliphatic heterocycles. The van der Waals surface area contributed by atoms with Crippen LogP contribution in [0.5, 0.6) is 5.75 Å². The lowest BCUT2D eigenvalue weighted by molar-refractivity contribution is -0.124. The number of carbonyl (C=O) groups is 2. The normalized spacial score (nSPS) is 9.58. The molecule has 0 fully saturated rings. The average molecular weight is 266 g/mol. The Morgan fingerprint density at radius 3 is 2.58 bits per heavy atom. The third-order valence-electron chi connectivity index (χ3n) is 2.29. The lowest BCUT2D eigenvalue weighted by atomic mass is 10.1. The molecule has 1 aromatic carbocycles. The molecule has 0 unspecified atom stereocenters. The first-order chi connectivity index (χ1) is 9.17. The van der Waals surface area contributed by atoms with Crippen molar-refractivity contribution in [2.75, 3.05) is 13.2 Å². The summed E-state index contributed by atoms with van der Waals surface area (Å²) in [5.41, 5.74) is 5.32. The molecule has 0 spiro atoms. The third-order valence-corrected chi connectivity index (χ3v) is 2.29. The molecule has 19 heavy (non-hydrogen) atoms. The summed E-state index contributed by atoms with van der Waals surface area (Å²) in [6, 6.07) is 7.48. The Balaban J connectivity index is 2.35. The first-order valence-electron chi connectivity index (χ1n) is 6.09. The van der Waals surface area contributed by atoms with Crippen LogP contribution in [0.1, 0.15) is 19.4 Å². The van der Waals surface area contributed by atoms with Crippen molar-refractivity contribution in [1.29, 1.82) is 0 Å². The quantitative estimate of drug-likeness (QED) is 0.790. The fourth-order valence-electron chi connectivity index (χ4n) is 1.40. The van der Waals surface area contributed by atoms with E-state index >= 15 is 0 Å². The second-order valence-corrected chi connectivity index (χ2v) is 3.64. The number of rotatable bonds is 5. The molecular formula is C13H18N2O4. The first kappa shape index (κ1) is 14.8. The number of hydrazine groups is 1. The van der Waals surface area contributed by atoms with E-state index < -0.39 is 12.0 Å². The second kappa shape index (κ2) is 7.97. The molecule has 1 aromatic rings. The minimum atomic E-state index is -0.704. The molecule has 6 heteroatoms. The van der Waals surface area contributed by atoms with Crippen LogP contribution in [0.25, 0.3) is 0 Å². The minimum absolute atomic E-state index is 0.177. The topological polar surface area (TPSA) is 76.7 Å². The van der Waals surface area contributed by atoms with Crippen molar-refractivity contribution in [2.45, 2.75) is 20.3 Å². The van der Waals surface area contributed by atoms with Gasteiger partial charge in [0.05, 0.1) is 6.61 Å². The molecule has 0 heterocycles. The lowest BCUT2D eigenvalue weighted by Crippen LogP contribution is -2.44. The molecule has 6 nitrogen and oxygen atoms in total. The number of benzene rings is 1. The Labute approximate surface area is 112 Å². The van der Waals surface area contributed by atoms with Crippen LogP contribution in [-0.2, 0) is 16.0 Å². The molecule has 2 amide bonds. The minimum Gasteiger partial charge on any atom is -0.483 e. The predicted octanol–water partition coefficient (Wildman–Crippen LogP) is 1.41. The largest absolute Gasteiger partial charge is 0.483 e. The van der Waals surface area contributed by atoms with Crippen LogP contribution in [-0.4, -0.2) is 25.2 Å². The van der Waals surface area contributed by atoms with Gasteiger partial charge in [0.15, 0.2) is 6.61 Å². The molecule has 0 radical (unpaired) electrons. The number of carbonyl (C=O) groups excluding carboxylic acids is 2. The molecule has 0 aromatic heterocycles. The summed E-state index contributed by atoms with van der Waals surface area (Å²) >= 11 is 0. The summed E-state index contributed by atoms with van der Waals surface area (Å²) in [6.07, 6.45) is 0.114. The molecule has 1 rings (SSSR count). The van der Waals surface area contributed by atoms with Crippen molar-refractivity contribution in [3.63, 3.8) is 0 Å². The van der Waals surface area contributed by atoms with E-state index in [1.165, 1.54) is 0 Å². The van der Waals surface area contributed by atoms with Crippen molar-refractivity contribution >= 4 is 12.0 Å². The van der Waals surface area contributed by atoms with Crippen LogP contribution in [0.3, 0.4) is 0 Å². The van der Waals surface area contributed by atoms with Gasteiger partial charge >= 0.3 is 6.09 Å². The van der Waals surface area contributed by atoms with Gasteiger partial charge in [0, 0.05) is 0 Å². The molecule has 0 atom stereocenters. The average Bonchev–Trinajstić information content (AvgIpc) is 2.43. The van der Waals surface area contributed by atoms with Gasteiger partial charge in [-0.05, 0) is 25.0 Å². The molecule has 0 saturated heterocycles. The van der Waals surface area contributed by atoms with Crippen LogP contribution in [0.2, 0.25) is 0 Å². The van der Waals surface area contributed by atoms with Crippen molar-refractivity contribution in [3.8, 4) is 5.75 Å². The van der Waals surface area contributed by atoms with Gasteiger partial charge in [-0.3, -0.25) is 10.2 Å². The molecule has 0 aliphatic carbocycles. The number of nitrogens with one attached hydrogen (secondary N) is 2. The van der Waals surface area contributed by atoms with E-state index in [9.17, 15) is 9.59 Å². The fourth-order valence-corrected chi connectivity index (χ4v) is 1.40. The van der Waals surface area contributed by atoms with Gasteiger partial charge in [-0.2, -0.15) is 0 Å². The van der Waals surface area contributed by atoms with Crippen LogP contribution in [0, 0.1) is 0 Å². The van der Waals surface area contributed by atoms with Gasteiger partial charge in [-0.15, -0.1) is 0 Å². The van der Waals surface area contributed by atoms with E-state index in [-0.39, 0.29) is 13.2 Å². The van der Waals surface area contributed by atoms with Crippen LogP contribution in [0.4, 0.5) is 4.79 Å². The Morgan fingerprint density at radius 2 is 1.89 bits per heavy atom. The third kappa shape index (κ3) is 5.29. The van der Waals surface area contributed by atoms with Crippen LogP contribution in [0.15, 0.2) is 24.3 Å². The maximum atomic E-state index is 11.4. The van der Waals surface area contributed by atoms with Crippen LogP contribution >= 0.6 is 0 Å². The standard InChI is InChI=1S/C13H18N2O4/c1-3-10-7-5-6-8-11(10)19-9-12(16)14-15-13(17)18-4-2/h5-8H,3-4,9H2,1-2H3,(H,14,16)(H,15,17). The van der Waals surface area contributed by atoms with Crippen molar-refractivity contribution < 1.29 is 19.1 Å². The van der Waals surface area contributed by atoms with E-state index in [2.05, 4.69) is 15.6 Å². The second-order valence-electron chi connectivity index (χ2n) is 3.64. The number of aryl methyl sites for hydroxylation is 1. The molecule has 0 bridgehead atoms. The van der Waals surface area contributed by atoms with E-state index in [1.54, 1.807) is 13.0 Å². The van der Waals surface area contributed by atoms with Crippen molar-refractivity contribution in [2.24, 2.45) is 0 Å². The number of amides is 2. The Morgan fingerprint density at radius 1 is 1.16 bits per heavy atom. The van der Waals surface area contributed by atoms with Gasteiger partial charge in [0.25, 0.3) is 5.91 Å². The Bertz CT molecular complexity index is 434. The Kier molecular flexibility index (Phi) is 6.21. The van der Waals surface area contributed by atoms with Gasteiger partial charge in [0.2, 0.25) is 0 Å². The summed E-state index contributed by atoms with van der Waals surface area (Å²) < 4.78 is 9.96. The first-order valence-corrected chi connectivity index (χ1v) is 6.09. The molecule has 0 saturated carbocycles. The van der Waals surface area contributed by atoms with E-state index in [1.807, 2.05) is 25.1 Å². The number of hydrogen-bond donors (Lipinski definition) is 2. The van der Waals surface area contributed by atoms with E-state index in [4.69, 9.17) is 4.74 Å². The highest BCUT2D eigenvalue weighted by Crippen LogP contribution is 2.17. The predicted molar refractivity (Wildman–Crippen MR) is 69.6 cm³/mol. The maximum absolute atomic E-state index is 11.4. The lowest BCUT2D eigenvalue weighted by Gasteiger charge is -2.10. The molecular weight excluding hydrogens is 248 g/mol. The summed E-state index contributed by atoms with van der Waals surface area (Å²) in [6.45, 7) is 3.74. The number of hydrogen-bond acceptors (Lipinski definition) is 4. The van der Waals surface area contributed by atoms with Gasteiger partial charge < -0.3 is 9.47 Å². The highest BCUT2D eigenvalue weighted by atomic mass is 16.6. The van der Waals surface area contributed by atoms with Gasteiger partial charge in [-0.1, -0.05) is 25.1 Å². The summed E-state index contributed by atoms with van der Waals surface area (Å²) in [7, 11) is 0. The van der Waals surface area contributed by atoms with Crippen molar-refractivity contribution in [1.82, 2.24) is 10.9 Å². The highest BCUT2D eigenvalue weighted by Gasteiger charge is 2.07. The van der Waals surface area contributed by atoms with E-state index in [0.717, 1.165) is 12.0 Å². The molecule has 104 valence electrons. The summed E-state index contributed by atoms with van der Waals surface area (Å²) in [5.74, 6) is 0.204.